The zero-order valence-electron chi connectivity index (χ0n) is 14.0. The minimum Gasteiger partial charge on any atom is -0.496 e. The van der Waals surface area contributed by atoms with Crippen LogP contribution >= 0.6 is 0 Å². The molecule has 5 heteroatoms. The lowest BCUT2D eigenvalue weighted by Crippen LogP contribution is -2.25. The van der Waals surface area contributed by atoms with Crippen molar-refractivity contribution in [1.29, 1.82) is 0 Å². The lowest BCUT2D eigenvalue weighted by Gasteiger charge is -2.09. The minimum absolute atomic E-state index is 0.212. The number of carbonyl (C=O) groups excluding carboxylic acids is 1. The summed E-state index contributed by atoms with van der Waals surface area (Å²) in [6.45, 7) is 0.508. The van der Waals surface area contributed by atoms with E-state index in [0.29, 0.717) is 11.9 Å². The summed E-state index contributed by atoms with van der Waals surface area (Å²) in [7, 11) is 1.64. The second kappa shape index (κ2) is 7.75. The number of nitrogens with zero attached hydrogens (tertiary/aromatic N) is 1. The largest absolute Gasteiger partial charge is 0.496 e. The van der Waals surface area contributed by atoms with Gasteiger partial charge in [0.15, 0.2) is 0 Å². The van der Waals surface area contributed by atoms with E-state index in [1.165, 1.54) is 6.07 Å². The molecule has 1 aromatic heterocycles. The first kappa shape index (κ1) is 16.9. The van der Waals surface area contributed by atoms with Gasteiger partial charge in [-0.05, 0) is 36.6 Å². The molecule has 0 atom stereocenters. The summed E-state index contributed by atoms with van der Waals surface area (Å²) in [6.07, 6.45) is 1.57. The molecular weight excluding hydrogens is 319 g/mol. The van der Waals surface area contributed by atoms with E-state index in [4.69, 9.17) is 4.74 Å². The summed E-state index contributed by atoms with van der Waals surface area (Å²) in [5, 5.41) is 3.50. The molecular formula is C20H19FN2O2. The van der Waals surface area contributed by atoms with Gasteiger partial charge in [-0.15, -0.1) is 0 Å². The van der Waals surface area contributed by atoms with E-state index in [-0.39, 0.29) is 17.1 Å². The Morgan fingerprint density at radius 2 is 1.96 bits per heavy atom. The molecule has 25 heavy (non-hydrogen) atoms. The van der Waals surface area contributed by atoms with Crippen molar-refractivity contribution in [3.05, 3.63) is 71.7 Å². The molecule has 1 N–H and O–H groups in total. The lowest BCUT2D eigenvalue weighted by atomic mass is 10.1. The fourth-order valence-corrected chi connectivity index (χ4v) is 2.72. The van der Waals surface area contributed by atoms with Crippen molar-refractivity contribution in [2.45, 2.75) is 12.8 Å². The maximum absolute atomic E-state index is 13.8. The highest BCUT2D eigenvalue weighted by Gasteiger charge is 2.10. The summed E-state index contributed by atoms with van der Waals surface area (Å²) in [4.78, 5) is 16.3. The summed E-state index contributed by atoms with van der Waals surface area (Å²) in [6, 6.07) is 15.8. The third-order valence-corrected chi connectivity index (χ3v) is 4.00. The quantitative estimate of drug-likeness (QED) is 0.697. The van der Waals surface area contributed by atoms with Crippen LogP contribution in [-0.4, -0.2) is 24.5 Å². The van der Waals surface area contributed by atoms with Crippen LogP contribution in [-0.2, 0) is 6.42 Å². The van der Waals surface area contributed by atoms with E-state index in [1.807, 2.05) is 24.3 Å². The van der Waals surface area contributed by atoms with Gasteiger partial charge in [-0.1, -0.05) is 36.4 Å². The number of methoxy groups -OCH3 is 1. The Morgan fingerprint density at radius 1 is 1.12 bits per heavy atom. The second-order valence-electron chi connectivity index (χ2n) is 5.68. The SMILES string of the molecule is COc1ccccc1CCCNC(=O)c1ccc2cccc(F)c2n1. The number of hydrogen-bond donors (Lipinski definition) is 1. The van der Waals surface area contributed by atoms with Crippen molar-refractivity contribution in [1.82, 2.24) is 10.3 Å². The molecule has 0 fully saturated rings. The molecule has 0 spiro atoms. The van der Waals surface area contributed by atoms with Gasteiger partial charge in [0.2, 0.25) is 0 Å². The number of carbonyl (C=O) groups is 1. The highest BCUT2D eigenvalue weighted by molar-refractivity contribution is 5.94. The first-order chi connectivity index (χ1) is 12.2. The van der Waals surface area contributed by atoms with Crippen LogP contribution < -0.4 is 10.1 Å². The highest BCUT2D eigenvalue weighted by Crippen LogP contribution is 2.19. The number of fused-ring (bicyclic) bond motifs is 1. The van der Waals surface area contributed by atoms with E-state index >= 15 is 0 Å². The molecule has 128 valence electrons. The molecule has 0 unspecified atom stereocenters. The average Bonchev–Trinajstić information content (AvgIpc) is 2.65. The molecule has 0 aliphatic heterocycles. The number of nitrogens with one attached hydrogen (secondary N) is 1. The van der Waals surface area contributed by atoms with Crippen LogP contribution in [0.2, 0.25) is 0 Å². The number of aryl methyl sites for hydroxylation is 1. The molecule has 0 aliphatic carbocycles. The third-order valence-electron chi connectivity index (χ3n) is 4.00. The number of amides is 1. The van der Waals surface area contributed by atoms with Crippen molar-refractivity contribution in [3.63, 3.8) is 0 Å². The minimum atomic E-state index is -0.427. The highest BCUT2D eigenvalue weighted by atomic mass is 19.1. The van der Waals surface area contributed by atoms with Gasteiger partial charge in [-0.3, -0.25) is 4.79 Å². The van der Waals surface area contributed by atoms with Gasteiger partial charge in [0.25, 0.3) is 5.91 Å². The van der Waals surface area contributed by atoms with Gasteiger partial charge in [0.1, 0.15) is 22.8 Å². The number of para-hydroxylation sites is 2. The van der Waals surface area contributed by atoms with Gasteiger partial charge in [-0.2, -0.15) is 0 Å². The van der Waals surface area contributed by atoms with E-state index < -0.39 is 5.82 Å². The van der Waals surface area contributed by atoms with Crippen molar-refractivity contribution >= 4 is 16.8 Å². The first-order valence-corrected chi connectivity index (χ1v) is 8.14. The fourth-order valence-electron chi connectivity index (χ4n) is 2.72. The molecule has 0 saturated heterocycles. The molecule has 0 radical (unpaired) electrons. The second-order valence-corrected chi connectivity index (χ2v) is 5.68. The van der Waals surface area contributed by atoms with Gasteiger partial charge < -0.3 is 10.1 Å². The monoisotopic (exact) mass is 338 g/mol. The number of rotatable bonds is 6. The zero-order valence-corrected chi connectivity index (χ0v) is 14.0. The Kier molecular flexibility index (Phi) is 5.23. The Labute approximate surface area is 145 Å². The predicted molar refractivity (Wildman–Crippen MR) is 95.3 cm³/mol. The van der Waals surface area contributed by atoms with Crippen LogP contribution in [0.25, 0.3) is 10.9 Å². The maximum Gasteiger partial charge on any atom is 0.269 e. The molecule has 0 saturated carbocycles. The van der Waals surface area contributed by atoms with Crippen LogP contribution in [0, 0.1) is 5.82 Å². The first-order valence-electron chi connectivity index (χ1n) is 8.14. The fraction of sp³-hybridized carbons (Fsp3) is 0.200. The number of ether oxygens (including phenoxy) is 1. The summed E-state index contributed by atoms with van der Waals surface area (Å²) in [5.74, 6) is 0.119. The lowest BCUT2D eigenvalue weighted by molar-refractivity contribution is 0.0948. The van der Waals surface area contributed by atoms with Crippen LogP contribution in [0.5, 0.6) is 5.75 Å². The topological polar surface area (TPSA) is 51.2 Å². The number of pyridine rings is 1. The van der Waals surface area contributed by atoms with Crippen LogP contribution in [0.15, 0.2) is 54.6 Å². The van der Waals surface area contributed by atoms with E-state index in [1.54, 1.807) is 31.4 Å². The van der Waals surface area contributed by atoms with Crippen LogP contribution in [0.1, 0.15) is 22.5 Å². The van der Waals surface area contributed by atoms with Gasteiger partial charge >= 0.3 is 0 Å². The van der Waals surface area contributed by atoms with Crippen molar-refractivity contribution in [2.75, 3.05) is 13.7 Å². The standard InChI is InChI=1S/C20H19FN2O2/c1-25-18-10-3-2-6-14(18)8-5-13-22-20(24)17-12-11-15-7-4-9-16(21)19(15)23-17/h2-4,6-7,9-12H,5,8,13H2,1H3,(H,22,24). The van der Waals surface area contributed by atoms with E-state index in [0.717, 1.165) is 24.2 Å². The predicted octanol–water partition coefficient (Wildman–Crippen LogP) is 3.75. The number of hydrogen-bond acceptors (Lipinski definition) is 3. The maximum atomic E-state index is 13.8. The number of benzene rings is 2. The van der Waals surface area contributed by atoms with Crippen molar-refractivity contribution in [3.8, 4) is 5.75 Å². The normalized spacial score (nSPS) is 10.6. The Morgan fingerprint density at radius 3 is 2.80 bits per heavy atom. The third kappa shape index (κ3) is 3.94. The molecule has 3 rings (SSSR count). The summed E-state index contributed by atoms with van der Waals surface area (Å²) in [5.41, 5.74) is 1.53. The Hall–Kier alpha value is -2.95. The van der Waals surface area contributed by atoms with Crippen LogP contribution in [0.3, 0.4) is 0 Å². The van der Waals surface area contributed by atoms with E-state index in [9.17, 15) is 9.18 Å². The number of aromatic nitrogens is 1. The smallest absolute Gasteiger partial charge is 0.269 e. The molecule has 0 bridgehead atoms. The average molecular weight is 338 g/mol. The van der Waals surface area contributed by atoms with Crippen molar-refractivity contribution < 1.29 is 13.9 Å². The summed E-state index contributed by atoms with van der Waals surface area (Å²) >= 11 is 0. The molecule has 0 aliphatic rings. The molecule has 1 amide bonds. The van der Waals surface area contributed by atoms with Gasteiger partial charge in [0, 0.05) is 11.9 Å². The number of halogens is 1. The van der Waals surface area contributed by atoms with Gasteiger partial charge in [0.05, 0.1) is 7.11 Å². The molecule has 4 nitrogen and oxygen atoms in total. The Bertz CT molecular complexity index is 896. The molecule has 1 heterocycles. The van der Waals surface area contributed by atoms with Crippen molar-refractivity contribution in [2.24, 2.45) is 0 Å². The molecule has 2 aromatic carbocycles. The zero-order chi connectivity index (χ0) is 17.6. The van der Waals surface area contributed by atoms with Crippen LogP contribution in [0.4, 0.5) is 4.39 Å². The Balaban J connectivity index is 1.58. The van der Waals surface area contributed by atoms with Gasteiger partial charge in [-0.25, -0.2) is 9.37 Å². The van der Waals surface area contributed by atoms with E-state index in [2.05, 4.69) is 10.3 Å². The summed E-state index contributed by atoms with van der Waals surface area (Å²) < 4.78 is 19.1. The molecule has 3 aromatic rings.